The van der Waals surface area contributed by atoms with Gasteiger partial charge >= 0.3 is 0 Å². The molecule has 0 amide bonds. The third-order valence-electron chi connectivity index (χ3n) is 1.36. The molecule has 1 aliphatic rings. The van der Waals surface area contributed by atoms with Crippen LogP contribution in [0.4, 0.5) is 0 Å². The van der Waals surface area contributed by atoms with Gasteiger partial charge in [-0.15, -0.1) is 0 Å². The monoisotopic (exact) mass is 153 g/mol. The quantitative estimate of drug-likeness (QED) is 0.553. The van der Waals surface area contributed by atoms with Crippen LogP contribution in [0.3, 0.4) is 0 Å². The second-order valence-corrected chi connectivity index (χ2v) is 2.40. The Hall–Kier alpha value is -0.820. The van der Waals surface area contributed by atoms with E-state index in [0.717, 1.165) is 5.57 Å². The molecule has 0 aliphatic heterocycles. The van der Waals surface area contributed by atoms with Gasteiger partial charge in [0.15, 0.2) is 0 Å². The Balaban J connectivity index is 3.00. The second-order valence-electron chi connectivity index (χ2n) is 1.99. The van der Waals surface area contributed by atoms with Crippen LogP contribution in [0.2, 0.25) is 0 Å². The molecule has 10 heavy (non-hydrogen) atoms. The Bertz CT molecular complexity index is 246. The van der Waals surface area contributed by atoms with Gasteiger partial charge in [-0.2, -0.15) is 0 Å². The van der Waals surface area contributed by atoms with Crippen molar-refractivity contribution in [2.45, 2.75) is 6.92 Å². The summed E-state index contributed by atoms with van der Waals surface area (Å²) in [4.78, 5) is 0. The van der Waals surface area contributed by atoms with Crippen molar-refractivity contribution in [3.8, 4) is 0 Å². The zero-order valence-corrected chi connectivity index (χ0v) is 6.44. The average Bonchev–Trinajstić information content (AvgIpc) is 1.95. The Morgan fingerprint density at radius 1 is 1.60 bits per heavy atom. The number of rotatable bonds is 0. The van der Waals surface area contributed by atoms with Gasteiger partial charge in [-0.25, -0.2) is 0 Å². The summed E-state index contributed by atoms with van der Waals surface area (Å²) < 4.78 is 0. The summed E-state index contributed by atoms with van der Waals surface area (Å²) in [7, 11) is 0. The van der Waals surface area contributed by atoms with Gasteiger partial charge in [-0.1, -0.05) is 29.8 Å². The molecule has 0 aromatic rings. The SMILES string of the molecule is C/C=C1/C=CC=C(Cl)C1=N. The van der Waals surface area contributed by atoms with E-state index in [1.165, 1.54) is 0 Å². The van der Waals surface area contributed by atoms with Crippen molar-refractivity contribution in [2.24, 2.45) is 0 Å². The minimum Gasteiger partial charge on any atom is -0.299 e. The number of hydrogen-bond donors (Lipinski definition) is 1. The highest BCUT2D eigenvalue weighted by atomic mass is 35.5. The highest BCUT2D eigenvalue weighted by Gasteiger charge is 2.07. The molecule has 0 aromatic carbocycles. The summed E-state index contributed by atoms with van der Waals surface area (Å²) in [5.41, 5.74) is 1.29. The topological polar surface area (TPSA) is 23.9 Å². The van der Waals surface area contributed by atoms with E-state index in [9.17, 15) is 0 Å². The molecule has 1 aliphatic carbocycles. The predicted octanol–water partition coefficient (Wildman–Crippen LogP) is 2.64. The molecule has 0 aromatic heterocycles. The number of halogens is 1. The van der Waals surface area contributed by atoms with Crippen molar-refractivity contribution >= 4 is 17.3 Å². The van der Waals surface area contributed by atoms with Gasteiger partial charge in [0.2, 0.25) is 0 Å². The third-order valence-corrected chi connectivity index (χ3v) is 1.67. The van der Waals surface area contributed by atoms with Crippen LogP contribution < -0.4 is 0 Å². The molecule has 0 unspecified atom stereocenters. The van der Waals surface area contributed by atoms with E-state index in [0.29, 0.717) is 10.7 Å². The maximum atomic E-state index is 7.43. The van der Waals surface area contributed by atoms with E-state index >= 15 is 0 Å². The van der Waals surface area contributed by atoms with E-state index in [-0.39, 0.29) is 0 Å². The summed E-state index contributed by atoms with van der Waals surface area (Å²) in [6.45, 7) is 1.89. The smallest absolute Gasteiger partial charge is 0.0795 e. The van der Waals surface area contributed by atoms with Gasteiger partial charge < -0.3 is 0 Å². The fourth-order valence-corrected chi connectivity index (χ4v) is 0.963. The first-order valence-corrected chi connectivity index (χ1v) is 3.43. The van der Waals surface area contributed by atoms with Crippen molar-refractivity contribution in [1.82, 2.24) is 0 Å². The first-order chi connectivity index (χ1) is 4.75. The molecule has 2 heteroatoms. The normalized spacial score (nSPS) is 21.6. The molecule has 1 N–H and O–H groups in total. The Morgan fingerprint density at radius 3 is 2.80 bits per heavy atom. The second kappa shape index (κ2) is 2.84. The largest absolute Gasteiger partial charge is 0.299 e. The molecule has 52 valence electrons. The highest BCUT2D eigenvalue weighted by Crippen LogP contribution is 2.16. The summed E-state index contributed by atoms with van der Waals surface area (Å²) in [6.07, 6.45) is 7.30. The van der Waals surface area contributed by atoms with Gasteiger partial charge in [0.1, 0.15) is 0 Å². The molecule has 0 bridgehead atoms. The maximum Gasteiger partial charge on any atom is 0.0795 e. The van der Waals surface area contributed by atoms with Crippen LogP contribution in [0.5, 0.6) is 0 Å². The Kier molecular flexibility index (Phi) is 2.07. The molecule has 1 nitrogen and oxygen atoms in total. The summed E-state index contributed by atoms with van der Waals surface area (Å²) in [6, 6.07) is 0. The van der Waals surface area contributed by atoms with Gasteiger partial charge in [0, 0.05) is 0 Å². The number of nitrogens with one attached hydrogen (secondary N) is 1. The van der Waals surface area contributed by atoms with Crippen LogP contribution in [-0.4, -0.2) is 5.71 Å². The molecule has 0 saturated heterocycles. The number of hydrogen-bond acceptors (Lipinski definition) is 1. The van der Waals surface area contributed by atoms with Crippen molar-refractivity contribution in [3.05, 3.63) is 34.9 Å². The lowest BCUT2D eigenvalue weighted by atomic mass is 10.1. The molecular weight excluding hydrogens is 146 g/mol. The number of allylic oxidation sites excluding steroid dienone is 6. The highest BCUT2D eigenvalue weighted by molar-refractivity contribution is 6.46. The van der Waals surface area contributed by atoms with E-state index < -0.39 is 0 Å². The molecular formula is C8H8ClN. The molecule has 0 heterocycles. The van der Waals surface area contributed by atoms with E-state index in [1.54, 1.807) is 6.08 Å². The lowest BCUT2D eigenvalue weighted by molar-refractivity contribution is 1.47. The van der Waals surface area contributed by atoms with Crippen molar-refractivity contribution < 1.29 is 0 Å². The summed E-state index contributed by atoms with van der Waals surface area (Å²) in [5.74, 6) is 0. The first-order valence-electron chi connectivity index (χ1n) is 3.05. The van der Waals surface area contributed by atoms with Gasteiger partial charge in [0.05, 0.1) is 10.7 Å². The van der Waals surface area contributed by atoms with Crippen molar-refractivity contribution in [1.29, 1.82) is 5.41 Å². The minimum atomic E-state index is 0.409. The lowest BCUT2D eigenvalue weighted by Gasteiger charge is -2.05. The average molecular weight is 154 g/mol. The van der Waals surface area contributed by atoms with E-state index in [4.69, 9.17) is 17.0 Å². The standard InChI is InChI=1S/C8H8ClN/c1-2-6-4-3-5-7(9)8(6)10/h2-5,10H,1H3/b6-2-,10-8?. The van der Waals surface area contributed by atoms with Crippen molar-refractivity contribution in [2.75, 3.05) is 0 Å². The molecule has 0 fully saturated rings. The van der Waals surface area contributed by atoms with Crippen LogP contribution in [0.1, 0.15) is 6.92 Å². The molecule has 0 saturated carbocycles. The minimum absolute atomic E-state index is 0.409. The molecule has 0 atom stereocenters. The Morgan fingerprint density at radius 2 is 2.30 bits per heavy atom. The summed E-state index contributed by atoms with van der Waals surface area (Å²) >= 11 is 5.69. The fraction of sp³-hybridized carbons (Fsp3) is 0.125. The van der Waals surface area contributed by atoms with Crippen LogP contribution in [-0.2, 0) is 0 Å². The van der Waals surface area contributed by atoms with Crippen LogP contribution in [0.25, 0.3) is 0 Å². The van der Waals surface area contributed by atoms with E-state index in [2.05, 4.69) is 0 Å². The fourth-order valence-electron chi connectivity index (χ4n) is 0.781. The maximum absolute atomic E-state index is 7.43. The Labute approximate surface area is 65.2 Å². The predicted molar refractivity (Wildman–Crippen MR) is 44.6 cm³/mol. The molecule has 1 rings (SSSR count). The van der Waals surface area contributed by atoms with Gasteiger partial charge in [-0.05, 0) is 18.6 Å². The van der Waals surface area contributed by atoms with E-state index in [1.807, 2.05) is 25.2 Å². The molecule has 0 spiro atoms. The van der Waals surface area contributed by atoms with Crippen LogP contribution in [0.15, 0.2) is 34.9 Å². The summed E-state index contributed by atoms with van der Waals surface area (Å²) in [5, 5.41) is 7.94. The van der Waals surface area contributed by atoms with Crippen LogP contribution >= 0.6 is 11.6 Å². The first kappa shape index (κ1) is 7.29. The zero-order valence-electron chi connectivity index (χ0n) is 5.69. The van der Waals surface area contributed by atoms with Gasteiger partial charge in [0.25, 0.3) is 0 Å². The van der Waals surface area contributed by atoms with Crippen molar-refractivity contribution in [3.63, 3.8) is 0 Å². The van der Waals surface area contributed by atoms with Crippen LogP contribution in [0, 0.1) is 5.41 Å². The lowest BCUT2D eigenvalue weighted by Crippen LogP contribution is -2.01. The third kappa shape index (κ3) is 1.19. The zero-order chi connectivity index (χ0) is 7.56. The molecule has 0 radical (unpaired) electrons. The van der Waals surface area contributed by atoms with Gasteiger partial charge in [-0.3, -0.25) is 5.41 Å².